The fraction of sp³-hybridized carbons (Fsp3) is 0.900. The van der Waals surface area contributed by atoms with Gasteiger partial charge in [-0.05, 0) is 6.42 Å². The third kappa shape index (κ3) is 6.58. The van der Waals surface area contributed by atoms with Crippen LogP contribution in [0.25, 0.3) is 0 Å². The van der Waals surface area contributed by atoms with Crippen LogP contribution < -0.4 is 5.32 Å². The summed E-state index contributed by atoms with van der Waals surface area (Å²) in [7, 11) is 6.36. The molecule has 0 spiro atoms. The van der Waals surface area contributed by atoms with E-state index in [1.54, 1.807) is 0 Å². The van der Waals surface area contributed by atoms with Gasteiger partial charge in [0.2, 0.25) is 5.91 Å². The summed E-state index contributed by atoms with van der Waals surface area (Å²) in [5.41, 5.74) is 0. The SMILES string of the molecule is CCC(C)C(=O)NCC[N+](C)(C)C. The molecule has 3 heteroatoms. The summed E-state index contributed by atoms with van der Waals surface area (Å²) in [6.45, 7) is 5.74. The molecule has 0 fully saturated rings. The van der Waals surface area contributed by atoms with Crippen LogP contribution in [0.3, 0.4) is 0 Å². The van der Waals surface area contributed by atoms with Crippen LogP contribution in [0.5, 0.6) is 0 Å². The van der Waals surface area contributed by atoms with E-state index in [0.29, 0.717) is 0 Å². The number of carbonyl (C=O) groups excluding carboxylic acids is 1. The molecule has 0 heterocycles. The Labute approximate surface area is 81.7 Å². The predicted molar refractivity (Wildman–Crippen MR) is 55.4 cm³/mol. The molecule has 1 N–H and O–H groups in total. The lowest BCUT2D eigenvalue weighted by molar-refractivity contribution is -0.869. The largest absolute Gasteiger partial charge is 0.350 e. The van der Waals surface area contributed by atoms with Crippen molar-refractivity contribution < 1.29 is 9.28 Å². The van der Waals surface area contributed by atoms with Crippen LogP contribution in [0.1, 0.15) is 20.3 Å². The Hall–Kier alpha value is -0.570. The first-order valence-electron chi connectivity index (χ1n) is 4.95. The summed E-state index contributed by atoms with van der Waals surface area (Å²) in [6.07, 6.45) is 0.913. The fourth-order valence-corrected chi connectivity index (χ4v) is 0.874. The summed E-state index contributed by atoms with van der Waals surface area (Å²) in [5.74, 6) is 0.323. The number of quaternary nitrogens is 1. The molecule has 3 nitrogen and oxygen atoms in total. The van der Waals surface area contributed by atoms with Crippen molar-refractivity contribution in [1.82, 2.24) is 5.32 Å². The highest BCUT2D eigenvalue weighted by Gasteiger charge is 2.11. The van der Waals surface area contributed by atoms with Gasteiger partial charge in [0, 0.05) is 5.92 Å². The molecular formula is C10H23N2O+. The summed E-state index contributed by atoms with van der Waals surface area (Å²) >= 11 is 0. The van der Waals surface area contributed by atoms with Gasteiger partial charge in [0.05, 0.1) is 34.2 Å². The van der Waals surface area contributed by atoms with E-state index in [9.17, 15) is 4.79 Å². The highest BCUT2D eigenvalue weighted by atomic mass is 16.1. The zero-order valence-electron chi connectivity index (χ0n) is 9.55. The lowest BCUT2D eigenvalue weighted by Gasteiger charge is -2.24. The van der Waals surface area contributed by atoms with Crippen molar-refractivity contribution in [1.29, 1.82) is 0 Å². The molecule has 0 saturated heterocycles. The van der Waals surface area contributed by atoms with Crippen molar-refractivity contribution in [3.8, 4) is 0 Å². The molecule has 78 valence electrons. The van der Waals surface area contributed by atoms with Crippen LogP contribution >= 0.6 is 0 Å². The molecule has 0 aliphatic carbocycles. The summed E-state index contributed by atoms with van der Waals surface area (Å²) in [6, 6.07) is 0. The molecule has 1 unspecified atom stereocenters. The van der Waals surface area contributed by atoms with E-state index in [0.717, 1.165) is 24.0 Å². The van der Waals surface area contributed by atoms with Crippen LogP contribution in [0, 0.1) is 5.92 Å². The van der Waals surface area contributed by atoms with E-state index in [-0.39, 0.29) is 11.8 Å². The van der Waals surface area contributed by atoms with Crippen LogP contribution in [0.2, 0.25) is 0 Å². The van der Waals surface area contributed by atoms with Gasteiger partial charge in [0.25, 0.3) is 0 Å². The molecule has 0 aliphatic heterocycles. The Balaban J connectivity index is 3.60. The van der Waals surface area contributed by atoms with E-state index < -0.39 is 0 Å². The molecule has 0 rings (SSSR count). The summed E-state index contributed by atoms with van der Waals surface area (Å²) in [4.78, 5) is 11.3. The molecule has 0 bridgehead atoms. The maximum absolute atomic E-state index is 11.3. The van der Waals surface area contributed by atoms with Gasteiger partial charge in [0.15, 0.2) is 0 Å². The number of hydrogen-bond donors (Lipinski definition) is 1. The van der Waals surface area contributed by atoms with Gasteiger partial charge in [-0.3, -0.25) is 4.79 Å². The average Bonchev–Trinajstić information content (AvgIpc) is 2.00. The van der Waals surface area contributed by atoms with Crippen molar-refractivity contribution in [3.05, 3.63) is 0 Å². The second-order valence-electron chi connectivity index (χ2n) is 4.61. The molecule has 1 atom stereocenters. The Morgan fingerprint density at radius 1 is 1.38 bits per heavy atom. The highest BCUT2D eigenvalue weighted by Crippen LogP contribution is 1.99. The van der Waals surface area contributed by atoms with Gasteiger partial charge in [-0.15, -0.1) is 0 Å². The quantitative estimate of drug-likeness (QED) is 0.635. The molecule has 0 aromatic rings. The van der Waals surface area contributed by atoms with Gasteiger partial charge < -0.3 is 9.80 Å². The lowest BCUT2D eigenvalue weighted by atomic mass is 10.1. The number of nitrogens with one attached hydrogen (secondary N) is 1. The minimum absolute atomic E-state index is 0.146. The van der Waals surface area contributed by atoms with E-state index >= 15 is 0 Å². The smallest absolute Gasteiger partial charge is 0.223 e. The topological polar surface area (TPSA) is 29.1 Å². The molecule has 1 amide bonds. The molecule has 0 aliphatic rings. The highest BCUT2D eigenvalue weighted by molar-refractivity contribution is 5.78. The second-order valence-corrected chi connectivity index (χ2v) is 4.61. The Morgan fingerprint density at radius 3 is 2.31 bits per heavy atom. The number of amides is 1. The van der Waals surface area contributed by atoms with Crippen LogP contribution in [-0.2, 0) is 4.79 Å². The summed E-state index contributed by atoms with van der Waals surface area (Å²) in [5, 5.41) is 2.94. The third-order valence-electron chi connectivity index (χ3n) is 2.14. The minimum Gasteiger partial charge on any atom is -0.350 e. The molecule has 0 aromatic heterocycles. The zero-order chi connectivity index (χ0) is 10.5. The first-order valence-corrected chi connectivity index (χ1v) is 4.95. The number of nitrogens with zero attached hydrogens (tertiary/aromatic N) is 1. The van der Waals surface area contributed by atoms with Crippen molar-refractivity contribution in [2.45, 2.75) is 20.3 Å². The van der Waals surface area contributed by atoms with Gasteiger partial charge in [-0.25, -0.2) is 0 Å². The van der Waals surface area contributed by atoms with Crippen molar-refractivity contribution in [3.63, 3.8) is 0 Å². The number of carbonyl (C=O) groups is 1. The molecule has 0 saturated carbocycles. The van der Waals surface area contributed by atoms with E-state index in [1.165, 1.54) is 0 Å². The molecular weight excluding hydrogens is 164 g/mol. The first-order chi connectivity index (χ1) is 5.87. The molecule has 13 heavy (non-hydrogen) atoms. The van der Waals surface area contributed by atoms with Gasteiger partial charge in [0.1, 0.15) is 0 Å². The average molecular weight is 187 g/mol. The maximum atomic E-state index is 11.3. The van der Waals surface area contributed by atoms with Gasteiger partial charge >= 0.3 is 0 Å². The maximum Gasteiger partial charge on any atom is 0.223 e. The number of hydrogen-bond acceptors (Lipinski definition) is 1. The first kappa shape index (κ1) is 12.4. The Bertz CT molecular complexity index is 161. The lowest BCUT2D eigenvalue weighted by Crippen LogP contribution is -2.42. The van der Waals surface area contributed by atoms with E-state index in [4.69, 9.17) is 0 Å². The van der Waals surface area contributed by atoms with Gasteiger partial charge in [-0.2, -0.15) is 0 Å². The van der Waals surface area contributed by atoms with Crippen LogP contribution in [0.15, 0.2) is 0 Å². The number of rotatable bonds is 5. The van der Waals surface area contributed by atoms with E-state index in [1.807, 2.05) is 13.8 Å². The second kappa shape index (κ2) is 5.22. The zero-order valence-corrected chi connectivity index (χ0v) is 9.55. The fourth-order valence-electron chi connectivity index (χ4n) is 0.874. The van der Waals surface area contributed by atoms with Gasteiger partial charge in [-0.1, -0.05) is 13.8 Å². The Morgan fingerprint density at radius 2 is 1.92 bits per heavy atom. The Kier molecular flexibility index (Phi) is 4.99. The minimum atomic E-state index is 0.146. The molecule has 0 aromatic carbocycles. The summed E-state index contributed by atoms with van der Waals surface area (Å²) < 4.78 is 0.890. The normalized spacial score (nSPS) is 13.9. The van der Waals surface area contributed by atoms with Crippen molar-refractivity contribution in [2.75, 3.05) is 34.2 Å². The van der Waals surface area contributed by atoms with Crippen molar-refractivity contribution in [2.24, 2.45) is 5.92 Å². The van der Waals surface area contributed by atoms with Crippen molar-refractivity contribution >= 4 is 5.91 Å². The van der Waals surface area contributed by atoms with Crippen LogP contribution in [0.4, 0.5) is 0 Å². The van der Waals surface area contributed by atoms with E-state index in [2.05, 4.69) is 26.5 Å². The molecule has 0 radical (unpaired) electrons. The standard InChI is InChI=1S/C10H22N2O/c1-6-9(2)10(13)11-7-8-12(3,4)5/h9H,6-8H2,1-5H3/p+1. The van der Waals surface area contributed by atoms with Crippen LogP contribution in [-0.4, -0.2) is 44.6 Å². The predicted octanol–water partition coefficient (Wildman–Crippen LogP) is 0.855. The third-order valence-corrected chi connectivity index (χ3v) is 2.14. The monoisotopic (exact) mass is 187 g/mol. The number of likely N-dealkylation sites (N-methyl/N-ethyl adjacent to an activating group) is 1.